The number of hydrogen-bond donors (Lipinski definition) is 1. The molecule has 0 spiro atoms. The van der Waals surface area contributed by atoms with Gasteiger partial charge in [-0.25, -0.2) is 0 Å². The molecule has 0 amide bonds. The average molecular weight is 222 g/mol. The van der Waals surface area contributed by atoms with Crippen LogP contribution in [0.25, 0.3) is 0 Å². The Morgan fingerprint density at radius 2 is 2.25 bits per heavy atom. The van der Waals surface area contributed by atoms with Gasteiger partial charge in [0.05, 0.1) is 6.04 Å². The maximum absolute atomic E-state index is 5.72. The van der Waals surface area contributed by atoms with E-state index in [0.717, 1.165) is 12.5 Å². The van der Waals surface area contributed by atoms with Crippen LogP contribution < -0.4 is 5.32 Å². The van der Waals surface area contributed by atoms with Crippen LogP contribution in [0.2, 0.25) is 0 Å². The maximum Gasteiger partial charge on any atom is 0.0873 e. The van der Waals surface area contributed by atoms with Gasteiger partial charge in [0, 0.05) is 5.54 Å². The molecule has 1 aliphatic carbocycles. The summed E-state index contributed by atoms with van der Waals surface area (Å²) < 4.78 is 0. The highest BCUT2D eigenvalue weighted by Crippen LogP contribution is 2.37. The zero-order chi connectivity index (χ0) is 12.2. The lowest BCUT2D eigenvalue weighted by Crippen LogP contribution is -2.60. The minimum absolute atomic E-state index is 0.155. The summed E-state index contributed by atoms with van der Waals surface area (Å²) in [5.74, 6) is 3.75. The Kier molecular flexibility index (Phi) is 4.83. The van der Waals surface area contributed by atoms with Gasteiger partial charge in [-0.3, -0.25) is 0 Å². The Balaban J connectivity index is 2.90. The van der Waals surface area contributed by atoms with Crippen molar-refractivity contribution in [2.24, 2.45) is 5.92 Å². The predicted octanol–water partition coefficient (Wildman–Crippen LogP) is 2.11. The molecule has 92 valence electrons. The van der Waals surface area contributed by atoms with Crippen LogP contribution >= 0.6 is 0 Å². The highest BCUT2D eigenvalue weighted by Gasteiger charge is 2.42. The van der Waals surface area contributed by atoms with Gasteiger partial charge in [-0.15, -0.1) is 6.42 Å². The van der Waals surface area contributed by atoms with Gasteiger partial charge in [0.2, 0.25) is 0 Å². The summed E-state index contributed by atoms with van der Waals surface area (Å²) in [5.41, 5.74) is 0.155. The average Bonchev–Trinajstić information content (AvgIpc) is 2.25. The molecule has 0 aromatic carbocycles. The quantitative estimate of drug-likeness (QED) is 0.733. The molecule has 0 radical (unpaired) electrons. The van der Waals surface area contributed by atoms with Crippen LogP contribution in [0.3, 0.4) is 0 Å². The molecule has 0 bridgehead atoms. The van der Waals surface area contributed by atoms with E-state index in [2.05, 4.69) is 44.1 Å². The topological polar surface area (TPSA) is 15.3 Å². The molecule has 1 rings (SSSR count). The molecular formula is C14H26N2. The van der Waals surface area contributed by atoms with Gasteiger partial charge in [-0.1, -0.05) is 32.6 Å². The standard InChI is InChI=1S/C14H26N2/c1-6-13(15-7-2)14(16(4)5)10-8-9-12(3)11-14/h1,12-13,15H,7-11H2,2-5H3. The van der Waals surface area contributed by atoms with E-state index >= 15 is 0 Å². The van der Waals surface area contributed by atoms with Crippen LogP contribution in [0, 0.1) is 18.3 Å². The van der Waals surface area contributed by atoms with E-state index < -0.39 is 0 Å². The van der Waals surface area contributed by atoms with Gasteiger partial charge in [0.15, 0.2) is 0 Å². The second-order valence-electron chi connectivity index (χ2n) is 5.36. The molecule has 3 atom stereocenters. The molecule has 3 unspecified atom stereocenters. The van der Waals surface area contributed by atoms with Crippen molar-refractivity contribution in [1.82, 2.24) is 10.2 Å². The first kappa shape index (κ1) is 13.5. The van der Waals surface area contributed by atoms with Crippen LogP contribution in [0.5, 0.6) is 0 Å². The second kappa shape index (κ2) is 5.70. The molecule has 16 heavy (non-hydrogen) atoms. The van der Waals surface area contributed by atoms with E-state index in [4.69, 9.17) is 6.42 Å². The molecule has 1 saturated carbocycles. The summed E-state index contributed by atoms with van der Waals surface area (Å²) in [6, 6.07) is 0.176. The molecule has 1 fully saturated rings. The van der Waals surface area contributed by atoms with Crippen molar-refractivity contribution in [3.63, 3.8) is 0 Å². The fraction of sp³-hybridized carbons (Fsp3) is 0.857. The van der Waals surface area contributed by atoms with Gasteiger partial charge in [-0.05, 0) is 39.4 Å². The molecular weight excluding hydrogens is 196 g/mol. The zero-order valence-corrected chi connectivity index (χ0v) is 11.2. The maximum atomic E-state index is 5.72. The van der Waals surface area contributed by atoms with Crippen LogP contribution in [-0.4, -0.2) is 37.1 Å². The first-order valence-electron chi connectivity index (χ1n) is 6.43. The van der Waals surface area contributed by atoms with Gasteiger partial charge >= 0.3 is 0 Å². The molecule has 0 saturated heterocycles. The smallest absolute Gasteiger partial charge is 0.0873 e. The van der Waals surface area contributed by atoms with E-state index in [1.54, 1.807) is 0 Å². The van der Waals surface area contributed by atoms with E-state index in [1.165, 1.54) is 25.7 Å². The van der Waals surface area contributed by atoms with Crippen molar-refractivity contribution in [2.45, 2.75) is 51.1 Å². The molecule has 0 aliphatic heterocycles. The third kappa shape index (κ3) is 2.59. The minimum atomic E-state index is 0.155. The second-order valence-corrected chi connectivity index (χ2v) is 5.36. The summed E-state index contributed by atoms with van der Waals surface area (Å²) >= 11 is 0. The number of likely N-dealkylation sites (N-methyl/N-ethyl adjacent to an activating group) is 2. The normalized spacial score (nSPS) is 32.4. The van der Waals surface area contributed by atoms with E-state index in [0.29, 0.717) is 0 Å². The molecule has 1 N–H and O–H groups in total. The first-order chi connectivity index (χ1) is 7.56. The van der Waals surface area contributed by atoms with Crippen LogP contribution in [0.1, 0.15) is 39.5 Å². The summed E-state index contributed by atoms with van der Waals surface area (Å²) in [7, 11) is 4.33. The highest BCUT2D eigenvalue weighted by molar-refractivity contribution is 5.14. The number of terminal acetylenes is 1. The van der Waals surface area contributed by atoms with Crippen LogP contribution in [0.15, 0.2) is 0 Å². The number of nitrogens with zero attached hydrogens (tertiary/aromatic N) is 1. The van der Waals surface area contributed by atoms with Gasteiger partial charge in [0.1, 0.15) is 0 Å². The third-order valence-corrected chi connectivity index (χ3v) is 4.01. The van der Waals surface area contributed by atoms with Crippen LogP contribution in [-0.2, 0) is 0 Å². The van der Waals surface area contributed by atoms with E-state index in [-0.39, 0.29) is 11.6 Å². The number of rotatable bonds is 4. The van der Waals surface area contributed by atoms with Crippen molar-refractivity contribution in [2.75, 3.05) is 20.6 Å². The Morgan fingerprint density at radius 3 is 2.69 bits per heavy atom. The zero-order valence-electron chi connectivity index (χ0n) is 11.2. The Morgan fingerprint density at radius 1 is 1.56 bits per heavy atom. The van der Waals surface area contributed by atoms with Gasteiger partial charge in [-0.2, -0.15) is 0 Å². The van der Waals surface area contributed by atoms with Crippen molar-refractivity contribution in [3.05, 3.63) is 0 Å². The predicted molar refractivity (Wildman–Crippen MR) is 70.3 cm³/mol. The van der Waals surface area contributed by atoms with E-state index in [1.807, 2.05) is 0 Å². The summed E-state index contributed by atoms with van der Waals surface area (Å²) in [4.78, 5) is 2.34. The minimum Gasteiger partial charge on any atom is -0.302 e. The number of nitrogens with one attached hydrogen (secondary N) is 1. The van der Waals surface area contributed by atoms with Gasteiger partial charge in [0.25, 0.3) is 0 Å². The lowest BCUT2D eigenvalue weighted by molar-refractivity contribution is 0.0559. The largest absolute Gasteiger partial charge is 0.302 e. The molecule has 0 aromatic heterocycles. The fourth-order valence-corrected chi connectivity index (χ4v) is 3.10. The lowest BCUT2D eigenvalue weighted by atomic mass is 9.71. The Labute approximate surface area is 101 Å². The summed E-state index contributed by atoms with van der Waals surface area (Å²) in [6.45, 7) is 5.41. The Hall–Kier alpha value is -0.520. The lowest BCUT2D eigenvalue weighted by Gasteiger charge is -2.48. The summed E-state index contributed by atoms with van der Waals surface area (Å²) in [6.07, 6.45) is 10.8. The third-order valence-electron chi connectivity index (χ3n) is 4.01. The van der Waals surface area contributed by atoms with Crippen LogP contribution in [0.4, 0.5) is 0 Å². The SMILES string of the molecule is C#CC(NCC)C1(N(C)C)CCCC(C)C1. The molecule has 1 aliphatic rings. The molecule has 0 aromatic rings. The number of hydrogen-bond acceptors (Lipinski definition) is 2. The monoisotopic (exact) mass is 222 g/mol. The highest BCUT2D eigenvalue weighted by atomic mass is 15.2. The molecule has 2 nitrogen and oxygen atoms in total. The fourth-order valence-electron chi connectivity index (χ4n) is 3.10. The van der Waals surface area contributed by atoms with Crippen molar-refractivity contribution in [3.8, 4) is 12.3 Å². The summed E-state index contributed by atoms with van der Waals surface area (Å²) in [5, 5.41) is 3.47. The first-order valence-corrected chi connectivity index (χ1v) is 6.43. The van der Waals surface area contributed by atoms with E-state index in [9.17, 15) is 0 Å². The van der Waals surface area contributed by atoms with Gasteiger partial charge < -0.3 is 10.2 Å². The molecule has 2 heteroatoms. The Bertz CT molecular complexity index is 254. The van der Waals surface area contributed by atoms with Crippen molar-refractivity contribution >= 4 is 0 Å². The molecule has 0 heterocycles. The van der Waals surface area contributed by atoms with Crippen molar-refractivity contribution in [1.29, 1.82) is 0 Å². The van der Waals surface area contributed by atoms with Crippen molar-refractivity contribution < 1.29 is 0 Å².